The first kappa shape index (κ1) is 25.3. The molecule has 0 fully saturated rings. The molecule has 9 heteroatoms. The van der Waals surface area contributed by atoms with Crippen molar-refractivity contribution >= 4 is 40.6 Å². The van der Waals surface area contributed by atoms with Crippen LogP contribution in [0, 0.1) is 18.8 Å². The van der Waals surface area contributed by atoms with Crippen LogP contribution in [0.1, 0.15) is 66.3 Å². The van der Waals surface area contributed by atoms with Gasteiger partial charge in [-0.05, 0) is 55.3 Å². The maximum atomic E-state index is 13.7. The van der Waals surface area contributed by atoms with Crippen LogP contribution in [-0.4, -0.2) is 34.7 Å². The van der Waals surface area contributed by atoms with Gasteiger partial charge >= 0.3 is 0 Å². The van der Waals surface area contributed by atoms with Gasteiger partial charge in [-0.3, -0.25) is 19.3 Å². The highest BCUT2D eigenvalue weighted by molar-refractivity contribution is 7.09. The number of benzene rings is 1. The van der Waals surface area contributed by atoms with E-state index in [0.717, 1.165) is 23.5 Å². The fourth-order valence-corrected chi connectivity index (χ4v) is 4.00. The van der Waals surface area contributed by atoms with E-state index in [2.05, 4.69) is 23.5 Å². The van der Waals surface area contributed by atoms with E-state index >= 15 is 0 Å². The molecule has 0 saturated carbocycles. The minimum atomic E-state index is -0.801. The van der Waals surface area contributed by atoms with Gasteiger partial charge in [0.25, 0.3) is 11.8 Å². The minimum absolute atomic E-state index is 0.0619. The van der Waals surface area contributed by atoms with Crippen LogP contribution in [0.2, 0.25) is 0 Å². The third kappa shape index (κ3) is 6.29. The molecule has 1 atom stereocenters. The summed E-state index contributed by atoms with van der Waals surface area (Å²) in [6.07, 6.45) is 1.29. The van der Waals surface area contributed by atoms with Gasteiger partial charge in [0.15, 0.2) is 5.69 Å². The lowest BCUT2D eigenvalue weighted by Gasteiger charge is -2.32. The highest BCUT2D eigenvalue weighted by Crippen LogP contribution is 2.29. The summed E-state index contributed by atoms with van der Waals surface area (Å²) in [5.41, 5.74) is 12.8. The summed E-state index contributed by atoms with van der Waals surface area (Å²) in [4.78, 5) is 40.1. The number of nitrogens with one attached hydrogen (secondary N) is 1. The van der Waals surface area contributed by atoms with Crippen LogP contribution in [0.25, 0.3) is 0 Å². The van der Waals surface area contributed by atoms with Gasteiger partial charge in [0.1, 0.15) is 10.9 Å². The number of carbonyl (C=O) groups is 3. The second-order valence-corrected chi connectivity index (χ2v) is 9.54. The topological polar surface area (TPSA) is 131 Å². The van der Waals surface area contributed by atoms with Gasteiger partial charge in [-0.2, -0.15) is 4.37 Å². The lowest BCUT2D eigenvalue weighted by Crippen LogP contribution is -2.51. The molecule has 1 heterocycles. The van der Waals surface area contributed by atoms with Gasteiger partial charge in [0.2, 0.25) is 5.91 Å². The van der Waals surface area contributed by atoms with Crippen molar-refractivity contribution < 1.29 is 14.4 Å². The summed E-state index contributed by atoms with van der Waals surface area (Å²) in [7, 11) is 0. The van der Waals surface area contributed by atoms with E-state index in [9.17, 15) is 14.4 Å². The Labute approximate surface area is 193 Å². The van der Waals surface area contributed by atoms with Crippen LogP contribution in [0.3, 0.4) is 0 Å². The van der Waals surface area contributed by atoms with Crippen LogP contribution >= 0.6 is 11.5 Å². The third-order valence-electron chi connectivity index (χ3n) is 5.02. The largest absolute Gasteiger partial charge is 0.395 e. The van der Waals surface area contributed by atoms with Gasteiger partial charge in [-0.25, -0.2) is 0 Å². The van der Waals surface area contributed by atoms with Crippen molar-refractivity contribution in [2.75, 3.05) is 17.2 Å². The second-order valence-electron chi connectivity index (χ2n) is 8.77. The van der Waals surface area contributed by atoms with Crippen molar-refractivity contribution in [3.05, 3.63) is 40.4 Å². The Morgan fingerprint density at radius 1 is 1.09 bits per heavy atom. The lowest BCUT2D eigenvalue weighted by molar-refractivity contribution is -0.122. The first-order valence-electron chi connectivity index (χ1n) is 10.8. The minimum Gasteiger partial charge on any atom is -0.395 e. The number of hydrogen-bond acceptors (Lipinski definition) is 6. The van der Waals surface area contributed by atoms with E-state index in [1.807, 2.05) is 32.9 Å². The number of anilines is 2. The van der Waals surface area contributed by atoms with Gasteiger partial charge in [0, 0.05) is 12.2 Å². The van der Waals surface area contributed by atoms with Crippen molar-refractivity contribution in [2.45, 2.75) is 53.5 Å². The van der Waals surface area contributed by atoms with E-state index < -0.39 is 17.9 Å². The molecule has 5 N–H and O–H groups in total. The summed E-state index contributed by atoms with van der Waals surface area (Å²) in [5.74, 6) is -0.924. The Morgan fingerprint density at radius 2 is 1.72 bits per heavy atom. The first-order valence-corrected chi connectivity index (χ1v) is 11.5. The van der Waals surface area contributed by atoms with Crippen LogP contribution < -0.4 is 21.7 Å². The Balaban J connectivity index is 2.51. The Kier molecular flexibility index (Phi) is 8.77. The smallest absolute Gasteiger partial charge is 0.272 e. The first-order chi connectivity index (χ1) is 15.0. The molecule has 1 aromatic heterocycles. The summed E-state index contributed by atoms with van der Waals surface area (Å²) >= 11 is 0.810. The maximum absolute atomic E-state index is 13.7. The molecule has 0 spiro atoms. The molecule has 2 aromatic rings. The number of rotatable bonds is 10. The molecule has 0 aliphatic rings. The van der Waals surface area contributed by atoms with Gasteiger partial charge in [-0.15, -0.1) is 0 Å². The van der Waals surface area contributed by atoms with Gasteiger partial charge in [-0.1, -0.05) is 45.4 Å². The highest BCUT2D eigenvalue weighted by Gasteiger charge is 2.35. The maximum Gasteiger partial charge on any atom is 0.272 e. The number of aromatic nitrogens is 1. The fourth-order valence-electron chi connectivity index (χ4n) is 3.26. The zero-order chi connectivity index (χ0) is 24.0. The second kappa shape index (κ2) is 11.1. The third-order valence-corrected chi connectivity index (χ3v) is 5.87. The van der Waals surface area contributed by atoms with Crippen molar-refractivity contribution in [1.82, 2.24) is 9.69 Å². The predicted molar refractivity (Wildman–Crippen MR) is 129 cm³/mol. The highest BCUT2D eigenvalue weighted by atomic mass is 32.1. The van der Waals surface area contributed by atoms with Crippen molar-refractivity contribution in [1.29, 1.82) is 0 Å². The lowest BCUT2D eigenvalue weighted by atomic mass is 9.99. The standard InChI is InChI=1S/C23H33N5O3S/c1-13(2)10-11-26-22(30)17(12-14(3)4)28(16-8-6-15(5)7-9-16)23(31)20-18(24)19(21(25)29)27-32-20/h6-9,13-14,17H,10-12,24H2,1-5H3,(H2,25,29)(H,26,30)/t17-/m0/s1. The van der Waals surface area contributed by atoms with Crippen LogP contribution in [0.5, 0.6) is 0 Å². The monoisotopic (exact) mass is 459 g/mol. The molecular weight excluding hydrogens is 426 g/mol. The molecule has 3 amide bonds. The van der Waals surface area contributed by atoms with Crippen molar-refractivity contribution in [3.63, 3.8) is 0 Å². The molecule has 0 radical (unpaired) electrons. The van der Waals surface area contributed by atoms with E-state index in [1.54, 1.807) is 12.1 Å². The molecule has 0 aliphatic carbocycles. The number of carbonyl (C=O) groups excluding carboxylic acids is 3. The summed E-state index contributed by atoms with van der Waals surface area (Å²) in [6.45, 7) is 10.6. The average Bonchev–Trinajstić information content (AvgIpc) is 3.09. The number of primary amides is 1. The van der Waals surface area contributed by atoms with Crippen molar-refractivity contribution in [3.8, 4) is 0 Å². The van der Waals surface area contributed by atoms with E-state index in [-0.39, 0.29) is 28.1 Å². The molecule has 0 bridgehead atoms. The van der Waals surface area contributed by atoms with E-state index in [1.165, 1.54) is 4.90 Å². The Bertz CT molecular complexity index is 953. The molecule has 32 heavy (non-hydrogen) atoms. The van der Waals surface area contributed by atoms with Gasteiger partial charge in [0.05, 0.1) is 5.69 Å². The Morgan fingerprint density at radius 3 is 2.22 bits per heavy atom. The molecule has 8 nitrogen and oxygen atoms in total. The summed E-state index contributed by atoms with van der Waals surface area (Å²) in [6, 6.07) is 6.60. The Hall–Kier alpha value is -2.94. The number of amides is 3. The van der Waals surface area contributed by atoms with E-state index in [4.69, 9.17) is 11.5 Å². The molecule has 174 valence electrons. The van der Waals surface area contributed by atoms with Gasteiger partial charge < -0.3 is 16.8 Å². The number of aryl methyl sites for hydroxylation is 1. The zero-order valence-electron chi connectivity index (χ0n) is 19.3. The van der Waals surface area contributed by atoms with Crippen molar-refractivity contribution in [2.24, 2.45) is 17.6 Å². The average molecular weight is 460 g/mol. The van der Waals surface area contributed by atoms with E-state index in [0.29, 0.717) is 24.6 Å². The van der Waals surface area contributed by atoms with Crippen LogP contribution in [0.15, 0.2) is 24.3 Å². The summed E-state index contributed by atoms with van der Waals surface area (Å²) in [5, 5.41) is 2.98. The molecule has 0 aliphatic heterocycles. The molecule has 1 aromatic carbocycles. The zero-order valence-corrected chi connectivity index (χ0v) is 20.2. The SMILES string of the molecule is Cc1ccc(N(C(=O)c2snc(C(N)=O)c2N)[C@@H](CC(C)C)C(=O)NCCC(C)C)cc1. The number of nitrogen functional groups attached to an aromatic ring is 1. The number of nitrogens with two attached hydrogens (primary N) is 2. The molecule has 0 saturated heterocycles. The van der Waals surface area contributed by atoms with Crippen LogP contribution in [0.4, 0.5) is 11.4 Å². The fraction of sp³-hybridized carbons (Fsp3) is 0.478. The normalized spacial score (nSPS) is 12.1. The van der Waals surface area contributed by atoms with Crippen LogP contribution in [-0.2, 0) is 4.79 Å². The summed E-state index contributed by atoms with van der Waals surface area (Å²) < 4.78 is 3.95. The predicted octanol–water partition coefficient (Wildman–Crippen LogP) is 3.36. The number of nitrogens with zero attached hydrogens (tertiary/aromatic N) is 2. The number of hydrogen-bond donors (Lipinski definition) is 3. The molecule has 0 unspecified atom stereocenters. The molecular formula is C23H33N5O3S. The quantitative estimate of drug-likeness (QED) is 0.501. The molecule has 2 rings (SSSR count).